The lowest BCUT2D eigenvalue weighted by Gasteiger charge is -2.07. The van der Waals surface area contributed by atoms with Crippen LogP contribution in [0.3, 0.4) is 0 Å². The zero-order valence-corrected chi connectivity index (χ0v) is 12.6. The van der Waals surface area contributed by atoms with E-state index in [2.05, 4.69) is 15.9 Å². The molecule has 0 aliphatic rings. The predicted molar refractivity (Wildman–Crippen MR) is 75.5 cm³/mol. The Morgan fingerprint density at radius 3 is 2.45 bits per heavy atom. The Bertz CT molecular complexity index is 689. The van der Waals surface area contributed by atoms with Gasteiger partial charge >= 0.3 is 0 Å². The van der Waals surface area contributed by atoms with E-state index in [4.69, 9.17) is 16.3 Å². The summed E-state index contributed by atoms with van der Waals surface area (Å²) in [7, 11) is 1.49. The Morgan fingerprint density at radius 2 is 1.85 bits per heavy atom. The zero-order valence-electron chi connectivity index (χ0n) is 10.2. The molecule has 0 saturated carbocycles. The van der Waals surface area contributed by atoms with Gasteiger partial charge in [0.2, 0.25) is 0 Å². The molecule has 0 radical (unpaired) electrons. The highest BCUT2D eigenvalue weighted by atomic mass is 79.9. The third kappa shape index (κ3) is 2.83. The molecular weight excluding hydrogens is 354 g/mol. The van der Waals surface area contributed by atoms with E-state index in [0.29, 0.717) is 10.2 Å². The lowest BCUT2D eigenvalue weighted by atomic mass is 10.0. The molecule has 2 nitrogen and oxygen atoms in total. The molecule has 0 aromatic heterocycles. The van der Waals surface area contributed by atoms with Gasteiger partial charge in [-0.15, -0.1) is 0 Å². The number of benzene rings is 2. The lowest BCUT2D eigenvalue weighted by Crippen LogP contribution is -2.04. The summed E-state index contributed by atoms with van der Waals surface area (Å²) in [6.45, 7) is 0. The van der Waals surface area contributed by atoms with Crippen LogP contribution in [-0.4, -0.2) is 12.9 Å². The van der Waals surface area contributed by atoms with Crippen molar-refractivity contribution >= 4 is 33.3 Å². The summed E-state index contributed by atoms with van der Waals surface area (Å²) in [6, 6.07) is 6.20. The minimum Gasteiger partial charge on any atom is -0.496 e. The average molecular weight is 362 g/mol. The first-order chi connectivity index (χ1) is 9.43. The van der Waals surface area contributed by atoms with E-state index in [0.717, 1.165) is 12.1 Å². The molecule has 0 bridgehead atoms. The van der Waals surface area contributed by atoms with Gasteiger partial charge in [-0.1, -0.05) is 11.6 Å². The number of carbonyl (C=O) groups is 1. The van der Waals surface area contributed by atoms with Crippen LogP contribution in [0.25, 0.3) is 0 Å². The number of methoxy groups -OCH3 is 1. The molecule has 0 spiro atoms. The van der Waals surface area contributed by atoms with Crippen molar-refractivity contribution < 1.29 is 18.3 Å². The molecule has 0 amide bonds. The van der Waals surface area contributed by atoms with Crippen molar-refractivity contribution in [2.75, 3.05) is 7.11 Å². The third-order valence-corrected chi connectivity index (χ3v) is 3.60. The molecule has 104 valence electrons. The highest BCUT2D eigenvalue weighted by Crippen LogP contribution is 2.28. The van der Waals surface area contributed by atoms with Gasteiger partial charge in [0, 0.05) is 11.1 Å². The van der Waals surface area contributed by atoms with E-state index in [9.17, 15) is 13.6 Å². The van der Waals surface area contributed by atoms with Crippen LogP contribution in [-0.2, 0) is 0 Å². The molecular formula is C14H8BrClF2O2. The van der Waals surface area contributed by atoms with Gasteiger partial charge in [-0.2, -0.15) is 0 Å². The van der Waals surface area contributed by atoms with Crippen molar-refractivity contribution in [1.29, 1.82) is 0 Å². The molecule has 2 aromatic rings. The van der Waals surface area contributed by atoms with E-state index in [1.54, 1.807) is 6.07 Å². The second-order valence-corrected chi connectivity index (χ2v) is 5.19. The Hall–Kier alpha value is -1.46. The summed E-state index contributed by atoms with van der Waals surface area (Å²) in [5, 5.41) is -0.138. The van der Waals surface area contributed by atoms with Gasteiger partial charge < -0.3 is 4.74 Å². The fraction of sp³-hybridized carbons (Fsp3) is 0.0714. The zero-order chi connectivity index (χ0) is 14.9. The van der Waals surface area contributed by atoms with Gasteiger partial charge in [0.05, 0.1) is 16.6 Å². The van der Waals surface area contributed by atoms with Crippen LogP contribution in [0.15, 0.2) is 34.8 Å². The largest absolute Gasteiger partial charge is 0.496 e. The SMILES string of the molecule is COc1ccc(C(=O)c2cc(F)c(F)cc2Cl)cc1Br. The molecule has 0 N–H and O–H groups in total. The highest BCUT2D eigenvalue weighted by Gasteiger charge is 2.17. The maximum Gasteiger partial charge on any atom is 0.194 e. The maximum atomic E-state index is 13.2. The molecule has 0 aliphatic heterocycles. The maximum absolute atomic E-state index is 13.2. The number of hydrogen-bond acceptors (Lipinski definition) is 2. The molecule has 0 saturated heterocycles. The van der Waals surface area contributed by atoms with Gasteiger partial charge in [-0.05, 0) is 46.3 Å². The van der Waals surface area contributed by atoms with Crippen LogP contribution in [0.4, 0.5) is 8.78 Å². The number of hydrogen-bond donors (Lipinski definition) is 0. The van der Waals surface area contributed by atoms with E-state index in [-0.39, 0.29) is 16.1 Å². The first kappa shape index (κ1) is 14.9. The molecule has 0 unspecified atom stereocenters. The monoisotopic (exact) mass is 360 g/mol. The first-order valence-electron chi connectivity index (χ1n) is 5.47. The van der Waals surface area contributed by atoms with Gasteiger partial charge in [0.1, 0.15) is 5.75 Å². The minimum atomic E-state index is -1.12. The average Bonchev–Trinajstić information content (AvgIpc) is 2.42. The normalized spacial score (nSPS) is 10.4. The van der Waals surface area contributed by atoms with Crippen LogP contribution in [0.2, 0.25) is 5.02 Å². The summed E-state index contributed by atoms with van der Waals surface area (Å²) in [5.41, 5.74) is 0.188. The fourth-order valence-corrected chi connectivity index (χ4v) is 2.44. The van der Waals surface area contributed by atoms with E-state index in [1.807, 2.05) is 0 Å². The predicted octanol–water partition coefficient (Wildman–Crippen LogP) is 4.62. The summed E-state index contributed by atoms with van der Waals surface area (Å²) in [4.78, 5) is 12.2. The van der Waals surface area contributed by atoms with Crippen molar-refractivity contribution in [2.45, 2.75) is 0 Å². The van der Waals surface area contributed by atoms with Crippen LogP contribution in [0.1, 0.15) is 15.9 Å². The molecule has 0 aliphatic carbocycles. The number of carbonyl (C=O) groups excluding carboxylic acids is 1. The van der Waals surface area contributed by atoms with Crippen LogP contribution >= 0.6 is 27.5 Å². The summed E-state index contributed by atoms with van der Waals surface area (Å²) >= 11 is 9.03. The van der Waals surface area contributed by atoms with Gasteiger partial charge in [0.25, 0.3) is 0 Å². The number of ether oxygens (including phenoxy) is 1. The topological polar surface area (TPSA) is 26.3 Å². The van der Waals surface area contributed by atoms with Crippen molar-refractivity contribution in [3.8, 4) is 5.75 Å². The molecule has 6 heteroatoms. The number of halogens is 4. The summed E-state index contributed by atoms with van der Waals surface area (Å²) in [6.07, 6.45) is 0. The molecule has 0 atom stereocenters. The minimum absolute atomic E-state index is 0.0948. The van der Waals surface area contributed by atoms with E-state index >= 15 is 0 Å². The van der Waals surface area contributed by atoms with Gasteiger partial charge in [-0.3, -0.25) is 4.79 Å². The second-order valence-electron chi connectivity index (χ2n) is 3.92. The Labute approximate surface area is 127 Å². The van der Waals surface area contributed by atoms with Crippen molar-refractivity contribution in [1.82, 2.24) is 0 Å². The van der Waals surface area contributed by atoms with Crippen LogP contribution < -0.4 is 4.74 Å². The molecule has 20 heavy (non-hydrogen) atoms. The summed E-state index contributed by atoms with van der Waals surface area (Å²) in [5.74, 6) is -2.16. The summed E-state index contributed by atoms with van der Waals surface area (Å²) < 4.78 is 31.8. The quantitative estimate of drug-likeness (QED) is 0.589. The van der Waals surface area contributed by atoms with Crippen LogP contribution in [0.5, 0.6) is 5.75 Å². The van der Waals surface area contributed by atoms with Crippen molar-refractivity contribution in [3.05, 3.63) is 62.6 Å². The van der Waals surface area contributed by atoms with Crippen LogP contribution in [0, 0.1) is 11.6 Å². The second kappa shape index (κ2) is 5.89. The van der Waals surface area contributed by atoms with Gasteiger partial charge in [-0.25, -0.2) is 8.78 Å². The molecule has 0 fully saturated rings. The third-order valence-electron chi connectivity index (χ3n) is 2.67. The van der Waals surface area contributed by atoms with E-state index in [1.165, 1.54) is 19.2 Å². The van der Waals surface area contributed by atoms with Crippen molar-refractivity contribution in [2.24, 2.45) is 0 Å². The highest BCUT2D eigenvalue weighted by molar-refractivity contribution is 9.10. The van der Waals surface area contributed by atoms with E-state index < -0.39 is 17.4 Å². The smallest absolute Gasteiger partial charge is 0.194 e. The Balaban J connectivity index is 2.46. The first-order valence-corrected chi connectivity index (χ1v) is 6.64. The van der Waals surface area contributed by atoms with Crippen molar-refractivity contribution in [3.63, 3.8) is 0 Å². The fourth-order valence-electron chi connectivity index (χ4n) is 1.66. The molecule has 2 rings (SSSR count). The van der Waals surface area contributed by atoms with Gasteiger partial charge in [0.15, 0.2) is 17.4 Å². The Kier molecular flexibility index (Phi) is 4.40. The molecule has 0 heterocycles. The number of ketones is 1. The number of rotatable bonds is 3. The standard InChI is InChI=1S/C14H8BrClF2O2/c1-20-13-3-2-7(4-9(13)15)14(19)8-5-11(17)12(18)6-10(8)16/h2-6H,1H3. The molecule has 2 aromatic carbocycles. The Morgan fingerprint density at radius 1 is 1.20 bits per heavy atom. The lowest BCUT2D eigenvalue weighted by molar-refractivity contribution is 0.103.